The highest BCUT2D eigenvalue weighted by Crippen LogP contribution is 2.26. The predicted octanol–water partition coefficient (Wildman–Crippen LogP) is 2.66. The second-order valence-corrected chi connectivity index (χ2v) is 6.16. The Kier molecular flexibility index (Phi) is 4.99. The number of benzene rings is 1. The van der Waals surface area contributed by atoms with Crippen molar-refractivity contribution in [1.29, 1.82) is 0 Å². The van der Waals surface area contributed by atoms with Gasteiger partial charge in [-0.25, -0.2) is 0 Å². The van der Waals surface area contributed by atoms with Crippen LogP contribution in [0.5, 0.6) is 0 Å². The normalized spacial score (nSPS) is 24.2. The van der Waals surface area contributed by atoms with Crippen molar-refractivity contribution >= 4 is 21.8 Å². The van der Waals surface area contributed by atoms with Crippen molar-refractivity contribution in [2.24, 2.45) is 5.92 Å². The second kappa shape index (κ2) is 6.53. The van der Waals surface area contributed by atoms with E-state index in [4.69, 9.17) is 0 Å². The van der Waals surface area contributed by atoms with Crippen LogP contribution in [0.4, 0.5) is 0 Å². The van der Waals surface area contributed by atoms with Crippen LogP contribution in [0.25, 0.3) is 0 Å². The number of nitrogens with one attached hydrogen (secondary N) is 1. The summed E-state index contributed by atoms with van der Waals surface area (Å²) in [6.45, 7) is 2.00. The van der Waals surface area contributed by atoms with E-state index in [9.17, 15) is 9.90 Å². The van der Waals surface area contributed by atoms with Crippen LogP contribution in [0.2, 0.25) is 0 Å². The number of amides is 1. The molecule has 0 radical (unpaired) electrons. The molecule has 3 atom stereocenters. The van der Waals surface area contributed by atoms with Gasteiger partial charge in [0.1, 0.15) is 0 Å². The Bertz CT molecular complexity index is 450. The van der Waals surface area contributed by atoms with Gasteiger partial charge in [-0.3, -0.25) is 4.79 Å². The summed E-state index contributed by atoms with van der Waals surface area (Å²) in [5.74, 6) is -0.230. The van der Waals surface area contributed by atoms with Crippen molar-refractivity contribution < 1.29 is 9.90 Å². The zero-order valence-electron chi connectivity index (χ0n) is 11.1. The van der Waals surface area contributed by atoms with Gasteiger partial charge in [-0.2, -0.15) is 0 Å². The molecule has 1 amide bonds. The number of halogens is 1. The SMILES string of the molecule is CC(Cc1ccccc1Br)NC(=O)C1CCCC1O. The molecule has 1 aromatic rings. The summed E-state index contributed by atoms with van der Waals surface area (Å²) in [6.07, 6.45) is 2.81. The Morgan fingerprint density at radius 1 is 1.47 bits per heavy atom. The molecule has 0 bridgehead atoms. The van der Waals surface area contributed by atoms with Gasteiger partial charge in [-0.1, -0.05) is 34.1 Å². The van der Waals surface area contributed by atoms with Gasteiger partial charge in [0.15, 0.2) is 0 Å². The Morgan fingerprint density at radius 2 is 2.21 bits per heavy atom. The Balaban J connectivity index is 1.89. The van der Waals surface area contributed by atoms with Crippen LogP contribution in [0.3, 0.4) is 0 Å². The Morgan fingerprint density at radius 3 is 2.84 bits per heavy atom. The maximum absolute atomic E-state index is 12.1. The third-order valence-electron chi connectivity index (χ3n) is 3.69. The maximum Gasteiger partial charge on any atom is 0.225 e. The molecular weight excluding hydrogens is 306 g/mol. The fraction of sp³-hybridized carbons (Fsp3) is 0.533. The van der Waals surface area contributed by atoms with Crippen LogP contribution < -0.4 is 5.32 Å². The van der Waals surface area contributed by atoms with Crippen LogP contribution >= 0.6 is 15.9 Å². The molecule has 1 aliphatic rings. The number of aliphatic hydroxyl groups excluding tert-OH is 1. The summed E-state index contributed by atoms with van der Waals surface area (Å²) in [5, 5.41) is 12.7. The highest BCUT2D eigenvalue weighted by atomic mass is 79.9. The molecule has 2 rings (SSSR count). The molecule has 3 unspecified atom stereocenters. The molecule has 1 aliphatic carbocycles. The highest BCUT2D eigenvalue weighted by molar-refractivity contribution is 9.10. The summed E-state index contributed by atoms with van der Waals surface area (Å²) in [5.41, 5.74) is 1.18. The van der Waals surface area contributed by atoms with Crippen LogP contribution in [0.1, 0.15) is 31.7 Å². The van der Waals surface area contributed by atoms with E-state index in [2.05, 4.69) is 27.3 Å². The van der Waals surface area contributed by atoms with Crippen molar-refractivity contribution in [3.63, 3.8) is 0 Å². The molecule has 2 N–H and O–H groups in total. The van der Waals surface area contributed by atoms with Gasteiger partial charge < -0.3 is 10.4 Å². The van der Waals surface area contributed by atoms with Crippen molar-refractivity contribution in [1.82, 2.24) is 5.32 Å². The van der Waals surface area contributed by atoms with Crippen molar-refractivity contribution in [2.45, 2.75) is 44.8 Å². The number of carbonyl (C=O) groups is 1. The van der Waals surface area contributed by atoms with E-state index in [-0.39, 0.29) is 17.9 Å². The molecule has 4 heteroatoms. The zero-order valence-corrected chi connectivity index (χ0v) is 12.7. The lowest BCUT2D eigenvalue weighted by atomic mass is 10.0. The zero-order chi connectivity index (χ0) is 13.8. The molecule has 19 heavy (non-hydrogen) atoms. The Labute approximate surface area is 122 Å². The summed E-state index contributed by atoms with van der Waals surface area (Å²) in [6, 6.07) is 8.10. The fourth-order valence-electron chi connectivity index (χ4n) is 2.64. The quantitative estimate of drug-likeness (QED) is 0.894. The standard InChI is InChI=1S/C15H20BrNO2/c1-10(9-11-5-2-3-7-13(11)16)17-15(19)12-6-4-8-14(12)18/h2-3,5,7,10,12,14,18H,4,6,8-9H2,1H3,(H,17,19). The number of hydrogen-bond acceptors (Lipinski definition) is 2. The monoisotopic (exact) mass is 325 g/mol. The molecule has 1 aromatic carbocycles. The maximum atomic E-state index is 12.1. The van der Waals surface area contributed by atoms with Gasteiger partial charge in [-0.05, 0) is 44.2 Å². The van der Waals surface area contributed by atoms with Crippen LogP contribution in [0, 0.1) is 5.92 Å². The second-order valence-electron chi connectivity index (χ2n) is 5.31. The molecule has 0 saturated heterocycles. The minimum atomic E-state index is -0.462. The van der Waals surface area contributed by atoms with Gasteiger partial charge in [0.05, 0.1) is 12.0 Å². The number of rotatable bonds is 4. The topological polar surface area (TPSA) is 49.3 Å². The number of carbonyl (C=O) groups excluding carboxylic acids is 1. The minimum Gasteiger partial charge on any atom is -0.392 e. The van der Waals surface area contributed by atoms with E-state index in [1.807, 2.05) is 25.1 Å². The number of hydrogen-bond donors (Lipinski definition) is 2. The van der Waals surface area contributed by atoms with E-state index >= 15 is 0 Å². The third kappa shape index (κ3) is 3.80. The molecular formula is C15H20BrNO2. The molecule has 0 aromatic heterocycles. The predicted molar refractivity (Wildman–Crippen MR) is 78.8 cm³/mol. The first-order valence-electron chi connectivity index (χ1n) is 6.79. The molecule has 0 heterocycles. The lowest BCUT2D eigenvalue weighted by Crippen LogP contribution is -2.40. The molecule has 0 spiro atoms. The number of aliphatic hydroxyl groups is 1. The molecule has 3 nitrogen and oxygen atoms in total. The summed E-state index contributed by atoms with van der Waals surface area (Å²) in [7, 11) is 0. The third-order valence-corrected chi connectivity index (χ3v) is 4.46. The smallest absolute Gasteiger partial charge is 0.225 e. The van der Waals surface area contributed by atoms with E-state index in [1.165, 1.54) is 5.56 Å². The lowest BCUT2D eigenvalue weighted by molar-refractivity contribution is -0.128. The lowest BCUT2D eigenvalue weighted by Gasteiger charge is -2.19. The van der Waals surface area contributed by atoms with E-state index in [1.54, 1.807) is 0 Å². The molecule has 104 valence electrons. The van der Waals surface area contributed by atoms with Crippen LogP contribution in [-0.4, -0.2) is 23.2 Å². The summed E-state index contributed by atoms with van der Waals surface area (Å²) < 4.78 is 1.07. The van der Waals surface area contributed by atoms with E-state index in [0.29, 0.717) is 0 Å². The first-order chi connectivity index (χ1) is 9.08. The minimum absolute atomic E-state index is 0.00967. The summed E-state index contributed by atoms with van der Waals surface area (Å²) in [4.78, 5) is 12.1. The largest absolute Gasteiger partial charge is 0.392 e. The van der Waals surface area contributed by atoms with Crippen molar-refractivity contribution in [2.75, 3.05) is 0 Å². The van der Waals surface area contributed by atoms with Crippen LogP contribution in [-0.2, 0) is 11.2 Å². The van der Waals surface area contributed by atoms with E-state index in [0.717, 1.165) is 30.2 Å². The van der Waals surface area contributed by atoms with Crippen molar-refractivity contribution in [3.05, 3.63) is 34.3 Å². The van der Waals surface area contributed by atoms with Gasteiger partial charge in [-0.15, -0.1) is 0 Å². The highest BCUT2D eigenvalue weighted by Gasteiger charge is 2.31. The molecule has 1 saturated carbocycles. The molecule has 1 fully saturated rings. The summed E-state index contributed by atoms with van der Waals surface area (Å²) >= 11 is 3.51. The van der Waals surface area contributed by atoms with Gasteiger partial charge in [0.2, 0.25) is 5.91 Å². The van der Waals surface area contributed by atoms with Gasteiger partial charge in [0.25, 0.3) is 0 Å². The Hall–Kier alpha value is -0.870. The first kappa shape index (κ1) is 14.5. The van der Waals surface area contributed by atoms with Gasteiger partial charge >= 0.3 is 0 Å². The first-order valence-corrected chi connectivity index (χ1v) is 7.59. The average Bonchev–Trinajstić information content (AvgIpc) is 2.78. The van der Waals surface area contributed by atoms with Crippen LogP contribution in [0.15, 0.2) is 28.7 Å². The van der Waals surface area contributed by atoms with E-state index < -0.39 is 6.10 Å². The van der Waals surface area contributed by atoms with Gasteiger partial charge in [0, 0.05) is 10.5 Å². The molecule has 0 aliphatic heterocycles. The average molecular weight is 326 g/mol. The fourth-order valence-corrected chi connectivity index (χ4v) is 3.09. The van der Waals surface area contributed by atoms with Crippen molar-refractivity contribution in [3.8, 4) is 0 Å².